The average Bonchev–Trinajstić information content (AvgIpc) is 3.12. The molecule has 0 amide bonds. The van der Waals surface area contributed by atoms with Gasteiger partial charge in [-0.15, -0.1) is 0 Å². The van der Waals surface area contributed by atoms with Gasteiger partial charge < -0.3 is 19.2 Å². The Balaban J connectivity index is 1.95. The van der Waals surface area contributed by atoms with Gasteiger partial charge in [0, 0.05) is 23.2 Å². The Morgan fingerprint density at radius 2 is 2.00 bits per heavy atom. The van der Waals surface area contributed by atoms with Crippen LogP contribution in [-0.2, 0) is 4.74 Å². The number of carbonyl (C=O) groups excluding carboxylic acids is 1. The summed E-state index contributed by atoms with van der Waals surface area (Å²) >= 11 is 0. The third-order valence-corrected chi connectivity index (χ3v) is 4.17. The molecular formula is C19H18N2O6. The number of anilines is 1. The van der Waals surface area contributed by atoms with Crippen molar-refractivity contribution in [2.45, 2.75) is 13.0 Å². The fourth-order valence-electron chi connectivity index (χ4n) is 2.79. The topological polar surface area (TPSA) is 104 Å². The second-order valence-corrected chi connectivity index (χ2v) is 5.87. The number of esters is 1. The third-order valence-electron chi connectivity index (χ3n) is 4.17. The number of benzene rings is 2. The second kappa shape index (κ2) is 7.36. The highest BCUT2D eigenvalue weighted by atomic mass is 16.6. The van der Waals surface area contributed by atoms with Gasteiger partial charge in [-0.3, -0.25) is 10.1 Å². The molecule has 2 aromatic carbocycles. The number of ether oxygens (including phenoxy) is 2. The molecule has 0 aliphatic carbocycles. The number of methoxy groups -OCH3 is 2. The summed E-state index contributed by atoms with van der Waals surface area (Å²) < 4.78 is 15.9. The number of nitro benzene ring substituents is 1. The number of nitro groups is 1. The lowest BCUT2D eigenvalue weighted by Gasteiger charge is -2.15. The number of nitrogens with zero attached hydrogens (tertiary/aromatic N) is 1. The van der Waals surface area contributed by atoms with Gasteiger partial charge in [0.25, 0.3) is 5.69 Å². The van der Waals surface area contributed by atoms with E-state index in [0.717, 1.165) is 5.39 Å². The van der Waals surface area contributed by atoms with Crippen molar-refractivity contribution in [3.63, 3.8) is 0 Å². The summed E-state index contributed by atoms with van der Waals surface area (Å²) in [6.45, 7) is 1.85. The largest absolute Gasteiger partial charge is 0.493 e. The molecule has 8 heteroatoms. The summed E-state index contributed by atoms with van der Waals surface area (Å²) in [4.78, 5) is 22.4. The van der Waals surface area contributed by atoms with Crippen LogP contribution in [0.5, 0.6) is 5.75 Å². The van der Waals surface area contributed by atoms with E-state index in [1.807, 2.05) is 25.1 Å². The lowest BCUT2D eigenvalue weighted by atomic mass is 10.1. The highest BCUT2D eigenvalue weighted by molar-refractivity contribution is 5.96. The van der Waals surface area contributed by atoms with Crippen LogP contribution in [0.3, 0.4) is 0 Å². The average molecular weight is 370 g/mol. The number of nitrogens with one attached hydrogen (secondary N) is 1. The zero-order valence-corrected chi connectivity index (χ0v) is 15.0. The van der Waals surface area contributed by atoms with Crippen LogP contribution in [-0.4, -0.2) is 25.1 Å². The first-order valence-corrected chi connectivity index (χ1v) is 8.14. The first kappa shape index (κ1) is 18.2. The first-order chi connectivity index (χ1) is 12.9. The number of carbonyl (C=O) groups is 1. The minimum atomic E-state index is -0.667. The van der Waals surface area contributed by atoms with E-state index in [1.54, 1.807) is 13.2 Å². The molecule has 0 bridgehead atoms. The number of fused-ring (bicyclic) bond motifs is 1. The van der Waals surface area contributed by atoms with Crippen LogP contribution in [0.1, 0.15) is 29.1 Å². The summed E-state index contributed by atoms with van der Waals surface area (Å²) in [5.74, 6) is 0.583. The molecule has 0 spiro atoms. The maximum atomic E-state index is 12.0. The maximum Gasteiger partial charge on any atom is 0.340 e. The van der Waals surface area contributed by atoms with E-state index >= 15 is 0 Å². The molecule has 0 fully saturated rings. The van der Waals surface area contributed by atoms with Crippen molar-refractivity contribution in [1.82, 2.24) is 0 Å². The van der Waals surface area contributed by atoms with E-state index in [9.17, 15) is 14.9 Å². The van der Waals surface area contributed by atoms with Crippen molar-refractivity contribution in [1.29, 1.82) is 0 Å². The van der Waals surface area contributed by atoms with Crippen LogP contribution in [0.2, 0.25) is 0 Å². The molecule has 0 radical (unpaired) electrons. The molecule has 0 aliphatic rings. The van der Waals surface area contributed by atoms with E-state index in [0.29, 0.717) is 22.8 Å². The highest BCUT2D eigenvalue weighted by Gasteiger charge is 2.20. The molecule has 0 aliphatic heterocycles. The lowest BCUT2D eigenvalue weighted by Crippen LogP contribution is -2.11. The summed E-state index contributed by atoms with van der Waals surface area (Å²) in [5, 5.41) is 15.0. The van der Waals surface area contributed by atoms with Gasteiger partial charge in [0.15, 0.2) is 11.3 Å². The molecule has 27 heavy (non-hydrogen) atoms. The van der Waals surface area contributed by atoms with Crippen molar-refractivity contribution in [2.75, 3.05) is 19.5 Å². The monoisotopic (exact) mass is 370 g/mol. The van der Waals surface area contributed by atoms with Crippen LogP contribution in [0, 0.1) is 10.1 Å². The molecule has 0 saturated heterocycles. The van der Waals surface area contributed by atoms with Crippen molar-refractivity contribution < 1.29 is 23.6 Å². The van der Waals surface area contributed by atoms with Crippen LogP contribution < -0.4 is 10.1 Å². The Morgan fingerprint density at radius 1 is 1.22 bits per heavy atom. The number of hydrogen-bond donors (Lipinski definition) is 1. The van der Waals surface area contributed by atoms with Crippen LogP contribution in [0.15, 0.2) is 46.9 Å². The molecule has 1 heterocycles. The van der Waals surface area contributed by atoms with Crippen molar-refractivity contribution in [3.8, 4) is 5.75 Å². The minimum absolute atomic E-state index is 0.0761. The molecular weight excluding hydrogens is 352 g/mol. The zero-order valence-electron chi connectivity index (χ0n) is 15.0. The Hall–Kier alpha value is -3.55. The predicted molar refractivity (Wildman–Crippen MR) is 99.2 cm³/mol. The van der Waals surface area contributed by atoms with E-state index in [2.05, 4.69) is 5.32 Å². The molecule has 1 unspecified atom stereocenters. The van der Waals surface area contributed by atoms with E-state index in [-0.39, 0.29) is 17.3 Å². The fourth-order valence-corrected chi connectivity index (χ4v) is 2.79. The summed E-state index contributed by atoms with van der Waals surface area (Å²) in [6.07, 6.45) is 0. The molecule has 3 aromatic rings. The molecule has 1 aromatic heterocycles. The molecule has 8 nitrogen and oxygen atoms in total. The van der Waals surface area contributed by atoms with Gasteiger partial charge in [-0.1, -0.05) is 12.1 Å². The maximum absolute atomic E-state index is 12.0. The van der Waals surface area contributed by atoms with Gasteiger partial charge in [-0.25, -0.2) is 4.79 Å². The molecule has 1 atom stereocenters. The highest BCUT2D eigenvalue weighted by Crippen LogP contribution is 2.33. The lowest BCUT2D eigenvalue weighted by molar-refractivity contribution is -0.384. The second-order valence-electron chi connectivity index (χ2n) is 5.87. The number of para-hydroxylation sites is 1. The van der Waals surface area contributed by atoms with Crippen molar-refractivity contribution in [2.24, 2.45) is 0 Å². The third kappa shape index (κ3) is 3.55. The van der Waals surface area contributed by atoms with Gasteiger partial charge in [-0.05, 0) is 25.1 Å². The predicted octanol–water partition coefficient (Wildman–Crippen LogP) is 4.31. The minimum Gasteiger partial charge on any atom is -0.493 e. The van der Waals surface area contributed by atoms with Gasteiger partial charge in [0.1, 0.15) is 5.76 Å². The Labute approximate surface area is 154 Å². The molecule has 1 N–H and O–H groups in total. The number of hydrogen-bond acceptors (Lipinski definition) is 7. The van der Waals surface area contributed by atoms with Gasteiger partial charge in [0.2, 0.25) is 0 Å². The van der Waals surface area contributed by atoms with E-state index in [1.165, 1.54) is 25.3 Å². The zero-order chi connectivity index (χ0) is 19.6. The number of non-ortho nitro benzene ring substituents is 1. The van der Waals surface area contributed by atoms with Crippen LogP contribution in [0.25, 0.3) is 11.0 Å². The quantitative estimate of drug-likeness (QED) is 0.392. The number of furan rings is 1. The molecule has 140 valence electrons. The number of rotatable bonds is 6. The van der Waals surface area contributed by atoms with Crippen LogP contribution >= 0.6 is 0 Å². The Kier molecular flexibility index (Phi) is 4.98. The fraction of sp³-hybridized carbons (Fsp3) is 0.211. The Bertz CT molecular complexity index is 1010. The van der Waals surface area contributed by atoms with E-state index in [4.69, 9.17) is 13.9 Å². The van der Waals surface area contributed by atoms with Gasteiger partial charge >= 0.3 is 5.97 Å². The standard InChI is InChI=1S/C19H18N2O6/c1-11(17-9-12-5-4-6-16(25-2)18(12)27-17)20-15-8-7-13(21(23)24)10-14(15)19(22)26-3/h4-11,20H,1-3H3. The van der Waals surface area contributed by atoms with Crippen molar-refractivity contribution in [3.05, 3.63) is 63.9 Å². The van der Waals surface area contributed by atoms with Gasteiger partial charge in [0.05, 0.1) is 30.7 Å². The van der Waals surface area contributed by atoms with Crippen LogP contribution in [0.4, 0.5) is 11.4 Å². The first-order valence-electron chi connectivity index (χ1n) is 8.14. The van der Waals surface area contributed by atoms with E-state index < -0.39 is 10.9 Å². The Morgan fingerprint density at radius 3 is 2.67 bits per heavy atom. The van der Waals surface area contributed by atoms with Crippen molar-refractivity contribution >= 4 is 28.3 Å². The van der Waals surface area contributed by atoms with Gasteiger partial charge in [-0.2, -0.15) is 0 Å². The summed E-state index contributed by atoms with van der Waals surface area (Å²) in [5.41, 5.74) is 0.919. The molecule has 3 rings (SSSR count). The normalized spacial score (nSPS) is 11.8. The summed E-state index contributed by atoms with van der Waals surface area (Å²) in [6, 6.07) is 11.1. The SMILES string of the molecule is COC(=O)c1cc([N+](=O)[O-])ccc1NC(C)c1cc2cccc(OC)c2o1. The smallest absolute Gasteiger partial charge is 0.340 e. The summed E-state index contributed by atoms with van der Waals surface area (Å²) in [7, 11) is 2.79. The molecule has 0 saturated carbocycles.